The summed E-state index contributed by atoms with van der Waals surface area (Å²) in [4.78, 5) is 26.6. The van der Waals surface area contributed by atoms with E-state index < -0.39 is 6.16 Å². The fraction of sp³-hybridized carbons (Fsp3) is 0.870. The molecule has 1 unspecified atom stereocenters. The van der Waals surface area contributed by atoms with Crippen molar-refractivity contribution < 1.29 is 19.1 Å². The maximum atomic E-state index is 12.5. The summed E-state index contributed by atoms with van der Waals surface area (Å²) in [6.45, 7) is 4.93. The van der Waals surface area contributed by atoms with E-state index in [1.54, 1.807) is 16.7 Å². The first kappa shape index (κ1) is 25.4. The monoisotopic (exact) mass is 457 g/mol. The van der Waals surface area contributed by atoms with Gasteiger partial charge in [-0.3, -0.25) is 9.69 Å². The molecule has 172 valence electrons. The van der Waals surface area contributed by atoms with Crippen LogP contribution in [0.2, 0.25) is 0 Å². The molecule has 1 saturated carbocycles. The van der Waals surface area contributed by atoms with E-state index in [4.69, 9.17) is 21.7 Å². The molecule has 2 fully saturated rings. The van der Waals surface area contributed by atoms with Crippen molar-refractivity contribution in [2.45, 2.75) is 115 Å². The number of rotatable bonds is 12. The molecule has 0 aromatic rings. The standard InChI is InChI=1S/C23H39NO4S2/c1-3-4-5-6-8-12-19(13-11-14-20(25)24-17-18-30-21(24)29)27-22(26)28-23(2)15-9-7-10-16-23/h19H,3-18H2,1-2H3. The lowest BCUT2D eigenvalue weighted by Gasteiger charge is -2.33. The molecular formula is C23H39NO4S2. The van der Waals surface area contributed by atoms with Gasteiger partial charge in [-0.05, 0) is 58.3 Å². The Morgan fingerprint density at radius 3 is 2.47 bits per heavy atom. The van der Waals surface area contributed by atoms with E-state index >= 15 is 0 Å². The van der Waals surface area contributed by atoms with Crippen LogP contribution in [0.1, 0.15) is 104 Å². The van der Waals surface area contributed by atoms with Gasteiger partial charge in [0.2, 0.25) is 5.91 Å². The molecule has 0 radical (unpaired) electrons. The number of amides is 1. The van der Waals surface area contributed by atoms with Gasteiger partial charge in [0, 0.05) is 18.7 Å². The average Bonchev–Trinajstić information content (AvgIpc) is 3.13. The Bertz CT molecular complexity index is 563. The van der Waals surface area contributed by atoms with Gasteiger partial charge in [0.05, 0.1) is 0 Å². The summed E-state index contributed by atoms with van der Waals surface area (Å²) in [6, 6.07) is 0. The number of unbranched alkanes of at least 4 members (excludes halogenated alkanes) is 4. The molecule has 0 aromatic heterocycles. The Hall–Kier alpha value is -0.820. The van der Waals surface area contributed by atoms with Gasteiger partial charge in [-0.1, -0.05) is 63.0 Å². The number of carbonyl (C=O) groups is 2. The predicted octanol–water partition coefficient (Wildman–Crippen LogP) is 6.62. The van der Waals surface area contributed by atoms with Crippen molar-refractivity contribution in [2.75, 3.05) is 12.3 Å². The predicted molar refractivity (Wildman–Crippen MR) is 127 cm³/mol. The molecule has 1 heterocycles. The Morgan fingerprint density at radius 1 is 1.10 bits per heavy atom. The van der Waals surface area contributed by atoms with Crippen LogP contribution in [0.4, 0.5) is 4.79 Å². The van der Waals surface area contributed by atoms with E-state index in [9.17, 15) is 9.59 Å². The minimum absolute atomic E-state index is 0.0870. The minimum atomic E-state index is -0.540. The molecule has 2 aliphatic rings. The SMILES string of the molecule is CCCCCCCC(CCCC(=O)N1CCSC1=S)OC(=O)OC1(C)CCCCC1. The number of carbonyl (C=O) groups excluding carboxylic acids is 2. The minimum Gasteiger partial charge on any atom is -0.431 e. The van der Waals surface area contributed by atoms with E-state index in [0.29, 0.717) is 30.1 Å². The van der Waals surface area contributed by atoms with Crippen LogP contribution in [0.25, 0.3) is 0 Å². The largest absolute Gasteiger partial charge is 0.509 e. The first-order chi connectivity index (χ1) is 14.4. The summed E-state index contributed by atoms with van der Waals surface area (Å²) in [5.74, 6) is 0.975. The first-order valence-corrected chi connectivity index (χ1v) is 13.2. The molecular weight excluding hydrogens is 418 g/mol. The van der Waals surface area contributed by atoms with Crippen LogP contribution in [0.3, 0.4) is 0 Å². The summed E-state index contributed by atoms with van der Waals surface area (Å²) in [5, 5.41) is 0. The third-order valence-corrected chi connectivity index (χ3v) is 7.54. The number of nitrogens with zero attached hydrogens (tertiary/aromatic N) is 1. The number of hydrogen-bond acceptors (Lipinski definition) is 6. The zero-order chi connectivity index (χ0) is 21.8. The van der Waals surface area contributed by atoms with Crippen molar-refractivity contribution in [1.29, 1.82) is 0 Å². The smallest absolute Gasteiger partial charge is 0.431 e. The normalized spacial score (nSPS) is 19.5. The highest BCUT2D eigenvalue weighted by Crippen LogP contribution is 2.32. The van der Waals surface area contributed by atoms with Crippen LogP contribution in [-0.2, 0) is 14.3 Å². The molecule has 0 bridgehead atoms. The Balaban J connectivity index is 1.78. The lowest BCUT2D eigenvalue weighted by atomic mass is 9.86. The molecule has 2 rings (SSSR count). The molecule has 7 heteroatoms. The van der Waals surface area contributed by atoms with E-state index in [1.165, 1.54) is 25.7 Å². The van der Waals surface area contributed by atoms with Crippen molar-refractivity contribution >= 4 is 40.4 Å². The summed E-state index contributed by atoms with van der Waals surface area (Å²) in [5.41, 5.74) is -0.389. The van der Waals surface area contributed by atoms with Gasteiger partial charge < -0.3 is 9.47 Å². The highest BCUT2D eigenvalue weighted by atomic mass is 32.2. The fourth-order valence-electron chi connectivity index (χ4n) is 4.24. The van der Waals surface area contributed by atoms with Crippen LogP contribution < -0.4 is 0 Å². The summed E-state index contributed by atoms with van der Waals surface area (Å²) >= 11 is 6.80. The quantitative estimate of drug-likeness (QED) is 0.186. The summed E-state index contributed by atoms with van der Waals surface area (Å²) < 4.78 is 12.1. The van der Waals surface area contributed by atoms with Crippen LogP contribution in [0, 0.1) is 0 Å². The lowest BCUT2D eigenvalue weighted by molar-refractivity contribution is -0.127. The first-order valence-electron chi connectivity index (χ1n) is 11.8. The molecule has 1 aliphatic carbocycles. The van der Waals surface area contributed by atoms with Crippen molar-refractivity contribution in [3.8, 4) is 0 Å². The van der Waals surface area contributed by atoms with Crippen LogP contribution in [-0.4, -0.2) is 45.3 Å². The maximum absolute atomic E-state index is 12.5. The number of thiocarbonyl (C=S) groups is 1. The van der Waals surface area contributed by atoms with E-state index in [1.807, 2.05) is 6.92 Å². The Kier molecular flexibility index (Phi) is 11.5. The van der Waals surface area contributed by atoms with Crippen molar-refractivity contribution in [3.05, 3.63) is 0 Å². The molecule has 1 saturated heterocycles. The second-order valence-corrected chi connectivity index (χ2v) is 10.6. The maximum Gasteiger partial charge on any atom is 0.509 e. The average molecular weight is 458 g/mol. The zero-order valence-corrected chi connectivity index (χ0v) is 20.4. The fourth-order valence-corrected chi connectivity index (χ4v) is 5.48. The van der Waals surface area contributed by atoms with Crippen LogP contribution in [0.5, 0.6) is 0 Å². The number of ether oxygens (including phenoxy) is 2. The molecule has 5 nitrogen and oxygen atoms in total. The molecule has 1 aliphatic heterocycles. The highest BCUT2D eigenvalue weighted by Gasteiger charge is 2.32. The summed E-state index contributed by atoms with van der Waals surface area (Å²) in [7, 11) is 0. The zero-order valence-electron chi connectivity index (χ0n) is 18.8. The second kappa shape index (κ2) is 13.6. The Labute approximate surface area is 192 Å². The van der Waals surface area contributed by atoms with Gasteiger partial charge in [-0.25, -0.2) is 4.79 Å². The molecule has 1 amide bonds. The summed E-state index contributed by atoms with van der Waals surface area (Å²) in [6.07, 6.45) is 13.0. The molecule has 0 N–H and O–H groups in total. The highest BCUT2D eigenvalue weighted by molar-refractivity contribution is 8.23. The van der Waals surface area contributed by atoms with Gasteiger partial charge in [-0.2, -0.15) is 0 Å². The van der Waals surface area contributed by atoms with Gasteiger partial charge in [0.1, 0.15) is 16.0 Å². The van der Waals surface area contributed by atoms with Crippen molar-refractivity contribution in [1.82, 2.24) is 4.90 Å². The third-order valence-electron chi connectivity index (χ3n) is 6.11. The number of thioether (sulfide) groups is 1. The van der Waals surface area contributed by atoms with Gasteiger partial charge >= 0.3 is 6.16 Å². The van der Waals surface area contributed by atoms with E-state index in [-0.39, 0.29) is 17.6 Å². The molecule has 0 spiro atoms. The van der Waals surface area contributed by atoms with E-state index in [2.05, 4.69) is 6.92 Å². The van der Waals surface area contributed by atoms with E-state index in [0.717, 1.165) is 50.7 Å². The van der Waals surface area contributed by atoms with Gasteiger partial charge in [-0.15, -0.1) is 0 Å². The Morgan fingerprint density at radius 2 is 1.80 bits per heavy atom. The van der Waals surface area contributed by atoms with Crippen LogP contribution in [0.15, 0.2) is 0 Å². The van der Waals surface area contributed by atoms with Crippen molar-refractivity contribution in [2.24, 2.45) is 0 Å². The second-order valence-electron chi connectivity index (χ2n) is 8.86. The lowest BCUT2D eigenvalue weighted by Crippen LogP contribution is -2.35. The van der Waals surface area contributed by atoms with Gasteiger partial charge in [0.25, 0.3) is 0 Å². The molecule has 30 heavy (non-hydrogen) atoms. The van der Waals surface area contributed by atoms with Gasteiger partial charge in [0.15, 0.2) is 0 Å². The van der Waals surface area contributed by atoms with Crippen LogP contribution >= 0.6 is 24.0 Å². The number of hydrogen-bond donors (Lipinski definition) is 0. The topological polar surface area (TPSA) is 55.8 Å². The van der Waals surface area contributed by atoms with Crippen molar-refractivity contribution in [3.63, 3.8) is 0 Å². The molecule has 1 atom stereocenters. The third kappa shape index (κ3) is 9.13. The molecule has 0 aromatic carbocycles.